The van der Waals surface area contributed by atoms with Crippen molar-refractivity contribution in [3.05, 3.63) is 36.1 Å². The molecule has 0 spiro atoms. The molecule has 0 unspecified atom stereocenters. The van der Waals surface area contributed by atoms with Crippen molar-refractivity contribution in [2.45, 2.75) is 34.1 Å². The molecule has 0 aliphatic carbocycles. The Kier molecular flexibility index (Phi) is 8.82. The van der Waals surface area contributed by atoms with E-state index in [-0.39, 0.29) is 5.76 Å². The first kappa shape index (κ1) is 16.2. The SMILES string of the molecule is C=C/C(=C\C=C(C)C)OC(F)(F)F.CC. The lowest BCUT2D eigenvalue weighted by molar-refractivity contribution is -0.303. The number of halogens is 3. The molecule has 0 aromatic rings. The van der Waals surface area contributed by atoms with Crippen LogP contribution in [0.5, 0.6) is 0 Å². The fourth-order valence-electron chi connectivity index (χ4n) is 0.526. The zero-order valence-corrected chi connectivity index (χ0v) is 9.48. The third-order valence-electron chi connectivity index (χ3n) is 1.02. The molecule has 88 valence electrons. The first-order valence-corrected chi connectivity index (χ1v) is 4.58. The van der Waals surface area contributed by atoms with Gasteiger partial charge >= 0.3 is 6.36 Å². The summed E-state index contributed by atoms with van der Waals surface area (Å²) >= 11 is 0. The molecule has 0 saturated heterocycles. The van der Waals surface area contributed by atoms with Gasteiger partial charge in [-0.05, 0) is 26.0 Å². The Morgan fingerprint density at radius 1 is 1.13 bits per heavy atom. The molecule has 0 atom stereocenters. The number of ether oxygens (including phenoxy) is 1. The average molecular weight is 222 g/mol. The highest BCUT2D eigenvalue weighted by Crippen LogP contribution is 2.21. The highest BCUT2D eigenvalue weighted by Gasteiger charge is 2.31. The van der Waals surface area contributed by atoms with E-state index in [0.717, 1.165) is 11.6 Å². The molecule has 1 nitrogen and oxygen atoms in total. The van der Waals surface area contributed by atoms with Crippen LogP contribution in [-0.2, 0) is 4.74 Å². The second-order valence-corrected chi connectivity index (χ2v) is 2.56. The Bertz CT molecular complexity index is 233. The molecule has 0 N–H and O–H groups in total. The predicted octanol–water partition coefficient (Wildman–Crippen LogP) is 4.59. The molecule has 0 rings (SSSR count). The highest BCUT2D eigenvalue weighted by molar-refractivity contribution is 5.18. The summed E-state index contributed by atoms with van der Waals surface area (Å²) in [6.45, 7) is 10.7. The summed E-state index contributed by atoms with van der Waals surface area (Å²) in [5, 5.41) is 0. The van der Waals surface area contributed by atoms with Crippen molar-refractivity contribution in [2.75, 3.05) is 0 Å². The molecule has 0 saturated carbocycles. The Hall–Kier alpha value is -1.19. The van der Waals surface area contributed by atoms with Gasteiger partial charge in [-0.15, -0.1) is 13.2 Å². The molecular weight excluding hydrogens is 205 g/mol. The van der Waals surface area contributed by atoms with Crippen LogP contribution >= 0.6 is 0 Å². The van der Waals surface area contributed by atoms with Gasteiger partial charge in [-0.25, -0.2) is 0 Å². The Morgan fingerprint density at radius 3 is 1.87 bits per heavy atom. The molecule has 0 aliphatic heterocycles. The molecule has 0 fully saturated rings. The van der Waals surface area contributed by atoms with E-state index < -0.39 is 6.36 Å². The van der Waals surface area contributed by atoms with E-state index in [1.165, 1.54) is 12.2 Å². The molecule has 0 aromatic carbocycles. The van der Waals surface area contributed by atoms with E-state index in [9.17, 15) is 13.2 Å². The zero-order chi connectivity index (χ0) is 12.5. The van der Waals surface area contributed by atoms with Gasteiger partial charge in [-0.2, -0.15) is 0 Å². The molecule has 0 aromatic heterocycles. The molecule has 0 aliphatic rings. The van der Waals surface area contributed by atoms with Gasteiger partial charge in [0.1, 0.15) is 5.76 Å². The van der Waals surface area contributed by atoms with Crippen molar-refractivity contribution in [2.24, 2.45) is 0 Å². The van der Waals surface area contributed by atoms with Gasteiger partial charge in [0.05, 0.1) is 0 Å². The summed E-state index contributed by atoms with van der Waals surface area (Å²) in [7, 11) is 0. The van der Waals surface area contributed by atoms with Crippen LogP contribution in [0.3, 0.4) is 0 Å². The van der Waals surface area contributed by atoms with Gasteiger partial charge in [0.2, 0.25) is 0 Å². The van der Waals surface area contributed by atoms with E-state index in [4.69, 9.17) is 0 Å². The van der Waals surface area contributed by atoms with E-state index >= 15 is 0 Å². The minimum absolute atomic E-state index is 0.311. The maximum Gasteiger partial charge on any atom is 0.573 e. The lowest BCUT2D eigenvalue weighted by Gasteiger charge is -2.08. The van der Waals surface area contributed by atoms with Crippen molar-refractivity contribution >= 4 is 0 Å². The number of allylic oxidation sites excluding steroid dienone is 4. The predicted molar refractivity (Wildman–Crippen MR) is 56.2 cm³/mol. The number of hydrogen-bond donors (Lipinski definition) is 0. The van der Waals surface area contributed by atoms with E-state index in [2.05, 4.69) is 11.3 Å². The summed E-state index contributed by atoms with van der Waals surface area (Å²) in [5.74, 6) is -0.311. The van der Waals surface area contributed by atoms with Gasteiger partial charge in [0.15, 0.2) is 0 Å². The van der Waals surface area contributed by atoms with Gasteiger partial charge < -0.3 is 4.74 Å². The Balaban J connectivity index is 0. The lowest BCUT2D eigenvalue weighted by atomic mass is 10.3. The van der Waals surface area contributed by atoms with Crippen LogP contribution in [0, 0.1) is 0 Å². The first-order chi connectivity index (χ1) is 6.85. The number of alkyl halides is 3. The largest absolute Gasteiger partial charge is 0.573 e. The molecular formula is C11H17F3O. The molecule has 0 heterocycles. The second-order valence-electron chi connectivity index (χ2n) is 2.56. The van der Waals surface area contributed by atoms with E-state index in [0.29, 0.717) is 0 Å². The fourth-order valence-corrected chi connectivity index (χ4v) is 0.526. The maximum absolute atomic E-state index is 11.7. The molecule has 0 radical (unpaired) electrons. The minimum Gasteiger partial charge on any atom is -0.406 e. The zero-order valence-electron chi connectivity index (χ0n) is 9.48. The highest BCUT2D eigenvalue weighted by atomic mass is 19.4. The van der Waals surface area contributed by atoms with Crippen molar-refractivity contribution in [1.29, 1.82) is 0 Å². The fraction of sp³-hybridized carbons (Fsp3) is 0.455. The van der Waals surface area contributed by atoms with Gasteiger partial charge in [0, 0.05) is 0 Å². The average Bonchev–Trinajstić information content (AvgIpc) is 2.13. The van der Waals surface area contributed by atoms with E-state index in [1.54, 1.807) is 13.8 Å². The maximum atomic E-state index is 11.7. The summed E-state index contributed by atoms with van der Waals surface area (Å²) in [6.07, 6.45) is -0.916. The van der Waals surface area contributed by atoms with Crippen molar-refractivity contribution in [1.82, 2.24) is 0 Å². The topological polar surface area (TPSA) is 9.23 Å². The van der Waals surface area contributed by atoms with Crippen LogP contribution in [-0.4, -0.2) is 6.36 Å². The standard InChI is InChI=1S/C9H11F3O.C2H6/c1-4-8(6-5-7(2)3)13-9(10,11)12;1-2/h4-6H,1H2,2-3H3;1-2H3/b8-6+;. The molecule has 15 heavy (non-hydrogen) atoms. The van der Waals surface area contributed by atoms with Crippen molar-refractivity contribution < 1.29 is 17.9 Å². The first-order valence-electron chi connectivity index (χ1n) is 4.58. The smallest absolute Gasteiger partial charge is 0.406 e. The summed E-state index contributed by atoms with van der Waals surface area (Å²) in [6, 6.07) is 0. The Morgan fingerprint density at radius 2 is 1.60 bits per heavy atom. The van der Waals surface area contributed by atoms with Gasteiger partial charge in [-0.3, -0.25) is 0 Å². The molecule has 4 heteroatoms. The van der Waals surface area contributed by atoms with Crippen LogP contribution in [0.25, 0.3) is 0 Å². The van der Waals surface area contributed by atoms with E-state index in [1.807, 2.05) is 13.8 Å². The number of hydrogen-bond acceptors (Lipinski definition) is 1. The third kappa shape index (κ3) is 12.8. The summed E-state index contributed by atoms with van der Waals surface area (Å²) in [5.41, 5.74) is 0.880. The molecule has 0 amide bonds. The van der Waals surface area contributed by atoms with Crippen molar-refractivity contribution in [3.8, 4) is 0 Å². The van der Waals surface area contributed by atoms with Crippen LogP contribution in [0.15, 0.2) is 36.1 Å². The monoisotopic (exact) mass is 222 g/mol. The van der Waals surface area contributed by atoms with Crippen LogP contribution < -0.4 is 0 Å². The normalized spacial score (nSPS) is 11.0. The third-order valence-corrected chi connectivity index (χ3v) is 1.02. The van der Waals surface area contributed by atoms with Crippen LogP contribution in [0.4, 0.5) is 13.2 Å². The number of rotatable bonds is 3. The Labute approximate surface area is 88.9 Å². The summed E-state index contributed by atoms with van der Waals surface area (Å²) in [4.78, 5) is 0. The van der Waals surface area contributed by atoms with Crippen LogP contribution in [0.2, 0.25) is 0 Å². The summed E-state index contributed by atoms with van der Waals surface area (Å²) < 4.78 is 38.7. The quantitative estimate of drug-likeness (QED) is 0.501. The van der Waals surface area contributed by atoms with Crippen molar-refractivity contribution in [3.63, 3.8) is 0 Å². The second kappa shape index (κ2) is 8.15. The minimum atomic E-state index is -4.66. The van der Waals surface area contributed by atoms with Gasteiger partial charge in [-0.1, -0.05) is 32.1 Å². The lowest BCUT2D eigenvalue weighted by Crippen LogP contribution is -2.11. The van der Waals surface area contributed by atoms with Crippen LogP contribution in [0.1, 0.15) is 27.7 Å². The van der Waals surface area contributed by atoms with Gasteiger partial charge in [0.25, 0.3) is 0 Å². The molecule has 0 bridgehead atoms.